The third-order valence-corrected chi connectivity index (χ3v) is 2.43. The number of hydrogen-bond acceptors (Lipinski definition) is 3. The van der Waals surface area contributed by atoms with Gasteiger partial charge in [-0.25, -0.2) is 10.2 Å². The van der Waals surface area contributed by atoms with Crippen molar-refractivity contribution in [3.63, 3.8) is 0 Å². The van der Waals surface area contributed by atoms with Crippen molar-refractivity contribution in [2.24, 2.45) is 10.8 Å². The van der Waals surface area contributed by atoms with Gasteiger partial charge < -0.3 is 16.4 Å². The van der Waals surface area contributed by atoms with Crippen LogP contribution < -0.4 is 21.8 Å². The molecule has 5 N–H and O–H groups in total. The number of amides is 2. The number of thiocarbonyl (C=S) groups is 1. The van der Waals surface area contributed by atoms with Gasteiger partial charge in [0.25, 0.3) is 0 Å². The quantitative estimate of drug-likeness (QED) is 0.373. The molecule has 0 spiro atoms. The van der Waals surface area contributed by atoms with Crippen LogP contribution in [0.4, 0.5) is 10.5 Å². The Balaban J connectivity index is 2.73. The van der Waals surface area contributed by atoms with Gasteiger partial charge in [0, 0.05) is 12.7 Å². The highest BCUT2D eigenvalue weighted by molar-refractivity contribution is 7.80. The van der Waals surface area contributed by atoms with Crippen LogP contribution in [0.2, 0.25) is 0 Å². The number of nitrogens with two attached hydrogens (primary N) is 1. The Morgan fingerprint density at radius 1 is 1.33 bits per heavy atom. The summed E-state index contributed by atoms with van der Waals surface area (Å²) in [7, 11) is 1.75. The number of carbonyl (C=O) groups is 1. The number of anilines is 1. The first-order chi connectivity index (χ1) is 8.52. The standard InChI is InChI=1S/C11H15N5OS/c1-7(15-16-10(12)17)8-3-5-9(6-4-8)14-11(18)13-2/h3-6H,1-2H3,(H3,12,16,17)(H2,13,14,18)/b15-7-. The molecule has 0 aliphatic rings. The van der Waals surface area contributed by atoms with Gasteiger partial charge in [0.2, 0.25) is 0 Å². The van der Waals surface area contributed by atoms with Gasteiger partial charge in [-0.15, -0.1) is 0 Å². The Bertz CT molecular complexity index is 469. The molecule has 18 heavy (non-hydrogen) atoms. The first-order valence-electron chi connectivity index (χ1n) is 5.22. The number of hydrazone groups is 1. The summed E-state index contributed by atoms with van der Waals surface area (Å²) in [5.74, 6) is 0. The molecule has 0 aliphatic carbocycles. The zero-order chi connectivity index (χ0) is 13.5. The molecule has 0 saturated heterocycles. The Hall–Kier alpha value is -2.15. The van der Waals surface area contributed by atoms with Crippen molar-refractivity contribution in [1.29, 1.82) is 0 Å². The maximum Gasteiger partial charge on any atom is 0.332 e. The minimum absolute atomic E-state index is 0.545. The topological polar surface area (TPSA) is 91.5 Å². The summed E-state index contributed by atoms with van der Waals surface area (Å²) < 4.78 is 0. The monoisotopic (exact) mass is 265 g/mol. The highest BCUT2D eigenvalue weighted by atomic mass is 32.1. The van der Waals surface area contributed by atoms with Crippen molar-refractivity contribution in [2.45, 2.75) is 6.92 Å². The second-order valence-electron chi connectivity index (χ2n) is 3.45. The third-order valence-electron chi connectivity index (χ3n) is 2.12. The van der Waals surface area contributed by atoms with Crippen LogP contribution in [0.25, 0.3) is 0 Å². The number of urea groups is 1. The average Bonchev–Trinajstić information content (AvgIpc) is 2.36. The minimum atomic E-state index is -0.688. The lowest BCUT2D eigenvalue weighted by Crippen LogP contribution is -2.25. The van der Waals surface area contributed by atoms with E-state index >= 15 is 0 Å². The summed E-state index contributed by atoms with van der Waals surface area (Å²) in [5, 5.41) is 10.2. The Morgan fingerprint density at radius 2 is 1.94 bits per heavy atom. The number of hydrogen-bond donors (Lipinski definition) is 4. The molecule has 0 bridgehead atoms. The first kappa shape index (κ1) is 13.9. The zero-order valence-corrected chi connectivity index (χ0v) is 11.0. The summed E-state index contributed by atoms with van der Waals surface area (Å²) in [6, 6.07) is 6.77. The van der Waals surface area contributed by atoms with Gasteiger partial charge in [-0.05, 0) is 36.8 Å². The maximum absolute atomic E-state index is 10.5. The molecule has 0 atom stereocenters. The van der Waals surface area contributed by atoms with E-state index in [0.29, 0.717) is 10.8 Å². The summed E-state index contributed by atoms with van der Waals surface area (Å²) in [5.41, 5.74) is 9.52. The second-order valence-corrected chi connectivity index (χ2v) is 3.86. The number of nitrogens with one attached hydrogen (secondary N) is 3. The van der Waals surface area contributed by atoms with Crippen LogP contribution in [0.5, 0.6) is 0 Å². The van der Waals surface area contributed by atoms with Crippen molar-refractivity contribution >= 4 is 34.8 Å². The van der Waals surface area contributed by atoms with E-state index in [9.17, 15) is 4.79 Å². The molecule has 0 radical (unpaired) electrons. The predicted molar refractivity (Wildman–Crippen MR) is 76.7 cm³/mol. The molecule has 0 aliphatic heterocycles. The number of benzene rings is 1. The predicted octanol–water partition coefficient (Wildman–Crippen LogP) is 0.995. The Kier molecular flexibility index (Phi) is 5.06. The van der Waals surface area contributed by atoms with Crippen LogP contribution in [0.15, 0.2) is 29.4 Å². The van der Waals surface area contributed by atoms with E-state index in [4.69, 9.17) is 18.0 Å². The first-order valence-corrected chi connectivity index (χ1v) is 5.62. The van der Waals surface area contributed by atoms with Gasteiger partial charge >= 0.3 is 6.03 Å². The van der Waals surface area contributed by atoms with E-state index in [1.165, 1.54) is 0 Å². The van der Waals surface area contributed by atoms with Crippen molar-refractivity contribution < 1.29 is 4.79 Å². The van der Waals surface area contributed by atoms with Gasteiger partial charge in [-0.1, -0.05) is 12.1 Å². The van der Waals surface area contributed by atoms with Gasteiger partial charge in [0.15, 0.2) is 5.11 Å². The maximum atomic E-state index is 10.5. The van der Waals surface area contributed by atoms with E-state index in [2.05, 4.69) is 21.2 Å². The van der Waals surface area contributed by atoms with Crippen LogP contribution in [0.3, 0.4) is 0 Å². The summed E-state index contributed by atoms with van der Waals surface area (Å²) in [6.07, 6.45) is 0. The van der Waals surface area contributed by atoms with E-state index < -0.39 is 6.03 Å². The number of carbonyl (C=O) groups excluding carboxylic acids is 1. The number of nitrogens with zero attached hydrogens (tertiary/aromatic N) is 1. The van der Waals surface area contributed by atoms with Crippen molar-refractivity contribution in [1.82, 2.24) is 10.7 Å². The fourth-order valence-corrected chi connectivity index (χ4v) is 1.31. The van der Waals surface area contributed by atoms with Gasteiger partial charge in [-0.3, -0.25) is 0 Å². The lowest BCUT2D eigenvalue weighted by Gasteiger charge is -2.07. The molecular formula is C11H15N5OS. The number of primary amides is 1. The normalized spacial score (nSPS) is 10.7. The van der Waals surface area contributed by atoms with Crippen LogP contribution in [-0.4, -0.2) is 23.9 Å². The average molecular weight is 265 g/mol. The molecule has 0 saturated carbocycles. The molecule has 0 unspecified atom stereocenters. The molecule has 96 valence electrons. The van der Waals surface area contributed by atoms with Crippen molar-refractivity contribution in [2.75, 3.05) is 12.4 Å². The molecule has 1 aromatic rings. The van der Waals surface area contributed by atoms with Gasteiger partial charge in [0.1, 0.15) is 0 Å². The fraction of sp³-hybridized carbons (Fsp3) is 0.182. The van der Waals surface area contributed by atoms with Gasteiger partial charge in [-0.2, -0.15) is 5.10 Å². The lowest BCUT2D eigenvalue weighted by atomic mass is 10.1. The minimum Gasteiger partial charge on any atom is -0.366 e. The Morgan fingerprint density at radius 3 is 2.44 bits per heavy atom. The van der Waals surface area contributed by atoms with E-state index in [1.54, 1.807) is 14.0 Å². The van der Waals surface area contributed by atoms with Crippen LogP contribution in [0.1, 0.15) is 12.5 Å². The molecule has 0 aromatic heterocycles. The van der Waals surface area contributed by atoms with Crippen LogP contribution in [-0.2, 0) is 0 Å². The molecule has 0 fully saturated rings. The lowest BCUT2D eigenvalue weighted by molar-refractivity contribution is 0.249. The highest BCUT2D eigenvalue weighted by Gasteiger charge is 1.99. The van der Waals surface area contributed by atoms with E-state index in [1.807, 2.05) is 24.3 Å². The molecular weight excluding hydrogens is 250 g/mol. The van der Waals surface area contributed by atoms with E-state index in [-0.39, 0.29) is 0 Å². The molecule has 1 rings (SSSR count). The number of rotatable bonds is 3. The van der Waals surface area contributed by atoms with E-state index in [0.717, 1.165) is 11.3 Å². The molecule has 1 aromatic carbocycles. The molecule has 0 heterocycles. The summed E-state index contributed by atoms with van der Waals surface area (Å²) >= 11 is 4.98. The largest absolute Gasteiger partial charge is 0.366 e. The fourth-order valence-electron chi connectivity index (χ4n) is 1.19. The second kappa shape index (κ2) is 6.55. The summed E-state index contributed by atoms with van der Waals surface area (Å²) in [4.78, 5) is 10.5. The third kappa shape index (κ3) is 4.38. The van der Waals surface area contributed by atoms with Crippen LogP contribution in [0, 0.1) is 0 Å². The van der Waals surface area contributed by atoms with Crippen molar-refractivity contribution in [3.05, 3.63) is 29.8 Å². The molecule has 2 amide bonds. The molecule has 7 heteroatoms. The zero-order valence-electron chi connectivity index (χ0n) is 10.2. The van der Waals surface area contributed by atoms with Crippen LogP contribution >= 0.6 is 12.2 Å². The Labute approximate surface area is 111 Å². The highest BCUT2D eigenvalue weighted by Crippen LogP contribution is 2.10. The smallest absolute Gasteiger partial charge is 0.332 e. The molecule has 6 nitrogen and oxygen atoms in total. The van der Waals surface area contributed by atoms with Gasteiger partial charge in [0.05, 0.1) is 5.71 Å². The SMILES string of the molecule is CNC(=S)Nc1ccc(/C(C)=N\NC(N)=O)cc1. The van der Waals surface area contributed by atoms with Crippen molar-refractivity contribution in [3.8, 4) is 0 Å². The summed E-state index contributed by atoms with van der Waals surface area (Å²) in [6.45, 7) is 1.77.